The summed E-state index contributed by atoms with van der Waals surface area (Å²) in [6, 6.07) is 0. The van der Waals surface area contributed by atoms with Crippen LogP contribution in [0.25, 0.3) is 0 Å². The van der Waals surface area contributed by atoms with E-state index < -0.39 is 31.0 Å². The van der Waals surface area contributed by atoms with Gasteiger partial charge in [-0.2, -0.15) is 0 Å². The van der Waals surface area contributed by atoms with Crippen LogP contribution in [0.2, 0.25) is 0 Å². The van der Waals surface area contributed by atoms with Crippen molar-refractivity contribution < 1.29 is 11.6 Å². The molecule has 0 bridgehead atoms. The largest absolute Gasteiger partial charge is 0.369 e. The molecule has 0 rings (SSSR count). The Balaban J connectivity index is 5.17. The van der Waals surface area contributed by atoms with Crippen LogP contribution < -0.4 is 5.73 Å². The molecule has 0 aliphatic rings. The molecule has 0 saturated heterocycles. The third-order valence-electron chi connectivity index (χ3n) is 1.68. The molecule has 0 saturated carbocycles. The fourth-order valence-corrected chi connectivity index (χ4v) is 0.730. The minimum atomic E-state index is -2.84. The van der Waals surface area contributed by atoms with Crippen LogP contribution in [0.3, 0.4) is 0 Å². The minimum Gasteiger partial charge on any atom is -0.369 e. The van der Waals surface area contributed by atoms with Crippen molar-refractivity contribution in [3.63, 3.8) is 0 Å². The molecule has 0 aliphatic carbocycles. The summed E-state index contributed by atoms with van der Waals surface area (Å²) in [5.74, 6) is -2.57. The van der Waals surface area contributed by atoms with Crippen LogP contribution in [0.5, 0.6) is 0 Å². The van der Waals surface area contributed by atoms with Gasteiger partial charge in [-0.3, -0.25) is 4.79 Å². The Kier molecular flexibility index (Phi) is 1.61. The van der Waals surface area contributed by atoms with Crippen molar-refractivity contribution in [2.45, 2.75) is 33.5 Å². The maximum atomic E-state index is 11.1. The van der Waals surface area contributed by atoms with Crippen molar-refractivity contribution in [1.29, 1.82) is 0 Å². The Labute approximate surface area is 69.8 Å². The smallest absolute Gasteiger partial charge is 0.220 e. The number of nitrogens with two attached hydrogens (primary N) is 1. The lowest BCUT2D eigenvalue weighted by Gasteiger charge is -2.16. The molecule has 2 N–H and O–H groups in total. The zero-order valence-electron chi connectivity index (χ0n) is 11.3. The van der Waals surface area contributed by atoms with E-state index in [9.17, 15) is 4.79 Å². The molecule has 0 aromatic heterocycles. The number of hydrogen-bond donors (Lipinski definition) is 1. The van der Waals surface area contributed by atoms with Crippen LogP contribution in [0, 0.1) is 11.8 Å². The molecule has 1 amide bonds. The first-order valence-electron chi connectivity index (χ1n) is 5.85. The topological polar surface area (TPSA) is 43.1 Å². The highest BCUT2D eigenvalue weighted by molar-refractivity contribution is 5.76. The summed E-state index contributed by atoms with van der Waals surface area (Å²) in [5, 5.41) is 0. The second-order valence-corrected chi connectivity index (χ2v) is 2.41. The van der Waals surface area contributed by atoms with Crippen LogP contribution in [0.15, 0.2) is 0 Å². The van der Waals surface area contributed by atoms with Gasteiger partial charge in [0.05, 0.1) is 0 Å². The van der Waals surface area contributed by atoms with Crippen molar-refractivity contribution >= 4 is 5.91 Å². The molecule has 0 spiro atoms. The highest BCUT2D eigenvalue weighted by atomic mass is 16.1. The van der Waals surface area contributed by atoms with Crippen LogP contribution in [0.4, 0.5) is 0 Å². The number of primary amides is 1. The molecule has 0 radical (unpaired) electrons. The molecule has 2 heteroatoms. The maximum absolute atomic E-state index is 11.1. The summed E-state index contributed by atoms with van der Waals surface area (Å²) in [5.41, 5.74) is 5.07. The summed E-state index contributed by atoms with van der Waals surface area (Å²) in [4.78, 5) is 11.1. The Morgan fingerprint density at radius 1 is 1.90 bits per heavy atom. The van der Waals surface area contributed by atoms with Gasteiger partial charge < -0.3 is 5.73 Å². The van der Waals surface area contributed by atoms with Crippen molar-refractivity contribution in [3.05, 3.63) is 0 Å². The summed E-state index contributed by atoms with van der Waals surface area (Å²) >= 11 is 0. The van der Waals surface area contributed by atoms with Gasteiger partial charge in [-0.05, 0) is 12.3 Å². The molecule has 0 aliphatic heterocycles. The zero-order chi connectivity index (χ0) is 12.4. The Morgan fingerprint density at radius 2 is 2.50 bits per heavy atom. The van der Waals surface area contributed by atoms with Crippen LogP contribution in [-0.2, 0) is 4.79 Å². The van der Waals surface area contributed by atoms with Gasteiger partial charge >= 0.3 is 0 Å². The maximum Gasteiger partial charge on any atom is 0.220 e. The fourth-order valence-electron chi connectivity index (χ4n) is 0.730. The highest BCUT2D eigenvalue weighted by Gasteiger charge is 2.18. The first-order valence-corrected chi connectivity index (χ1v) is 3.35. The monoisotopic (exact) mass is 148 g/mol. The minimum absolute atomic E-state index is 0.391. The van der Waals surface area contributed by atoms with Crippen molar-refractivity contribution in [1.82, 2.24) is 0 Å². The molecule has 0 aromatic carbocycles. The van der Waals surface area contributed by atoms with Crippen LogP contribution in [-0.4, -0.2) is 5.91 Å². The van der Waals surface area contributed by atoms with E-state index in [1.807, 2.05) is 0 Å². The Bertz CT molecular complexity index is 238. The molecule has 60 valence electrons. The standard InChI is InChI=1S/C8H17NO/c1-4-6(3)7(5-2)8(9)10/h6-7H,4-5H2,1-3H3,(H2,9,10)/i2D3,5D2. The Morgan fingerprint density at radius 3 is 2.80 bits per heavy atom. The van der Waals surface area contributed by atoms with E-state index in [0.717, 1.165) is 0 Å². The first-order chi connectivity index (χ1) is 6.55. The second kappa shape index (κ2) is 4.31. The molecule has 0 fully saturated rings. The second-order valence-electron chi connectivity index (χ2n) is 2.41. The summed E-state index contributed by atoms with van der Waals surface area (Å²) in [6.45, 7) is 0.547. The van der Waals surface area contributed by atoms with Gasteiger partial charge in [-0.15, -0.1) is 0 Å². The lowest BCUT2D eigenvalue weighted by Crippen LogP contribution is -2.27. The summed E-state index contributed by atoms with van der Waals surface area (Å²) < 4.78 is 36.2. The summed E-state index contributed by atoms with van der Waals surface area (Å²) in [7, 11) is 0. The normalized spacial score (nSPS) is 26.4. The zero-order valence-corrected chi connectivity index (χ0v) is 6.35. The predicted molar refractivity (Wildman–Crippen MR) is 42.4 cm³/mol. The number of rotatable bonds is 4. The van der Waals surface area contributed by atoms with Gasteiger partial charge in [0.2, 0.25) is 5.91 Å². The van der Waals surface area contributed by atoms with Gasteiger partial charge in [0.15, 0.2) is 0 Å². The molecule has 10 heavy (non-hydrogen) atoms. The average molecular weight is 148 g/mol. The molecule has 2 nitrogen and oxygen atoms in total. The third-order valence-corrected chi connectivity index (χ3v) is 1.68. The fraction of sp³-hybridized carbons (Fsp3) is 0.875. The lowest BCUT2D eigenvalue weighted by atomic mass is 9.89. The molecule has 0 aromatic rings. The lowest BCUT2D eigenvalue weighted by molar-refractivity contribution is -0.123. The van der Waals surface area contributed by atoms with Gasteiger partial charge in [-0.1, -0.05) is 27.1 Å². The quantitative estimate of drug-likeness (QED) is 0.645. The van der Waals surface area contributed by atoms with Gasteiger partial charge in [0, 0.05) is 12.8 Å². The van der Waals surface area contributed by atoms with E-state index in [1.165, 1.54) is 0 Å². The Hall–Kier alpha value is -0.530. The van der Waals surface area contributed by atoms with E-state index in [-0.39, 0.29) is 0 Å². The van der Waals surface area contributed by atoms with Gasteiger partial charge in [-0.25, -0.2) is 0 Å². The van der Waals surface area contributed by atoms with Crippen LogP contribution in [0.1, 0.15) is 40.3 Å². The number of hydrogen-bond acceptors (Lipinski definition) is 1. The number of carbonyl (C=O) groups is 1. The molecule has 0 heterocycles. The third kappa shape index (κ3) is 2.38. The molecular weight excluding hydrogens is 126 g/mol. The number of carbonyl (C=O) groups excluding carboxylic acids is 1. The van der Waals surface area contributed by atoms with Crippen LogP contribution >= 0.6 is 0 Å². The molecule has 2 unspecified atom stereocenters. The average Bonchev–Trinajstić information content (AvgIpc) is 2.00. The van der Waals surface area contributed by atoms with Gasteiger partial charge in [0.25, 0.3) is 0 Å². The first kappa shape index (κ1) is 3.74. The van der Waals surface area contributed by atoms with E-state index in [0.29, 0.717) is 6.42 Å². The van der Waals surface area contributed by atoms with E-state index >= 15 is 0 Å². The molecular formula is C8H17NO. The number of amides is 1. The summed E-state index contributed by atoms with van der Waals surface area (Å²) in [6.07, 6.45) is -2.07. The van der Waals surface area contributed by atoms with E-state index in [4.69, 9.17) is 12.6 Å². The van der Waals surface area contributed by atoms with E-state index in [1.54, 1.807) is 13.8 Å². The van der Waals surface area contributed by atoms with Crippen molar-refractivity contribution in [3.8, 4) is 0 Å². The molecule has 2 atom stereocenters. The highest BCUT2D eigenvalue weighted by Crippen LogP contribution is 2.17. The predicted octanol–water partition coefficient (Wildman–Crippen LogP) is 1.54. The van der Waals surface area contributed by atoms with Crippen molar-refractivity contribution in [2.75, 3.05) is 0 Å². The SMILES string of the molecule is [2H]C([2H])([2H])C([2H])([2H])C(C(N)=O)C(C)CC. The van der Waals surface area contributed by atoms with Crippen molar-refractivity contribution in [2.24, 2.45) is 17.6 Å². The van der Waals surface area contributed by atoms with E-state index in [2.05, 4.69) is 0 Å². The van der Waals surface area contributed by atoms with Gasteiger partial charge in [0.1, 0.15) is 0 Å².